The van der Waals surface area contributed by atoms with E-state index in [1.807, 2.05) is 0 Å². The predicted octanol–water partition coefficient (Wildman–Crippen LogP) is 4.47. The lowest BCUT2D eigenvalue weighted by atomic mass is 10.0. The van der Waals surface area contributed by atoms with Gasteiger partial charge in [-0.3, -0.25) is 4.79 Å². The van der Waals surface area contributed by atoms with Gasteiger partial charge in [-0.2, -0.15) is 0 Å². The molecule has 8 heteroatoms. The van der Waals surface area contributed by atoms with E-state index in [1.54, 1.807) is 43.9 Å². The van der Waals surface area contributed by atoms with E-state index in [4.69, 9.17) is 4.74 Å². The van der Waals surface area contributed by atoms with Gasteiger partial charge in [0, 0.05) is 24.7 Å². The number of hydrogen-bond donors (Lipinski definition) is 1. The zero-order valence-corrected chi connectivity index (χ0v) is 17.7. The molecule has 2 amide bonds. The fourth-order valence-corrected chi connectivity index (χ4v) is 4.17. The molecule has 0 aliphatic carbocycles. The number of benzene rings is 1. The van der Waals surface area contributed by atoms with Crippen LogP contribution in [0.25, 0.3) is 10.6 Å². The Hall–Kier alpha value is -2.48. The summed E-state index contributed by atoms with van der Waals surface area (Å²) in [6.07, 6.45) is 3.72. The second-order valence-electron chi connectivity index (χ2n) is 8.04. The second-order valence-corrected chi connectivity index (χ2v) is 9.07. The third-order valence-corrected chi connectivity index (χ3v) is 5.61. The molecule has 0 bridgehead atoms. The monoisotopic (exact) mass is 419 g/mol. The van der Waals surface area contributed by atoms with Crippen molar-refractivity contribution in [1.82, 2.24) is 15.2 Å². The number of carbonyl (C=O) groups is 2. The standard InChI is InChI=1S/C21H26FN3O3S/c1-21(2,3)28-20(27)24-12-14-8-6-7-11-25(14)19(26)17-13-23-18(29-17)15-9-4-5-10-16(15)22/h4-5,9-10,13-14H,6-8,11-12H2,1-3H3,(H,24,27)/t14-/m1/s1. The van der Waals surface area contributed by atoms with E-state index < -0.39 is 11.7 Å². The number of carbonyl (C=O) groups excluding carboxylic acids is 2. The van der Waals surface area contributed by atoms with Gasteiger partial charge in [0.2, 0.25) is 0 Å². The minimum Gasteiger partial charge on any atom is -0.444 e. The Kier molecular flexibility index (Phi) is 6.52. The van der Waals surface area contributed by atoms with Gasteiger partial charge in [0.25, 0.3) is 5.91 Å². The zero-order valence-electron chi connectivity index (χ0n) is 16.9. The maximum absolute atomic E-state index is 14.0. The topological polar surface area (TPSA) is 71.5 Å². The average molecular weight is 420 g/mol. The smallest absolute Gasteiger partial charge is 0.407 e. The van der Waals surface area contributed by atoms with Crippen LogP contribution in [0.5, 0.6) is 0 Å². The van der Waals surface area contributed by atoms with Crippen molar-refractivity contribution in [2.24, 2.45) is 0 Å². The molecule has 6 nitrogen and oxygen atoms in total. The SMILES string of the molecule is CC(C)(C)OC(=O)NC[C@H]1CCCCN1C(=O)c1cnc(-c2ccccc2F)s1. The van der Waals surface area contributed by atoms with E-state index >= 15 is 0 Å². The Labute approximate surface area is 174 Å². The number of rotatable bonds is 4. The maximum Gasteiger partial charge on any atom is 0.407 e. The lowest BCUT2D eigenvalue weighted by Crippen LogP contribution is -2.49. The molecule has 1 saturated heterocycles. The molecule has 1 N–H and O–H groups in total. The van der Waals surface area contributed by atoms with Crippen molar-refractivity contribution in [3.8, 4) is 10.6 Å². The van der Waals surface area contributed by atoms with Crippen LogP contribution in [0, 0.1) is 5.82 Å². The molecule has 3 rings (SSSR count). The third kappa shape index (κ3) is 5.53. The van der Waals surface area contributed by atoms with Crippen molar-refractivity contribution in [3.05, 3.63) is 41.2 Å². The van der Waals surface area contributed by atoms with Gasteiger partial charge in [-0.05, 0) is 52.2 Å². The molecule has 1 aromatic heterocycles. The van der Waals surface area contributed by atoms with Gasteiger partial charge >= 0.3 is 6.09 Å². The highest BCUT2D eigenvalue weighted by Gasteiger charge is 2.29. The summed E-state index contributed by atoms with van der Waals surface area (Å²) < 4.78 is 19.3. The number of piperidine rings is 1. The lowest BCUT2D eigenvalue weighted by Gasteiger charge is -2.35. The second kappa shape index (κ2) is 8.90. The number of thiazole rings is 1. The van der Waals surface area contributed by atoms with Gasteiger partial charge in [-0.1, -0.05) is 12.1 Å². The third-order valence-electron chi connectivity index (χ3n) is 4.59. The van der Waals surface area contributed by atoms with Crippen LogP contribution in [-0.4, -0.2) is 46.6 Å². The summed E-state index contributed by atoms with van der Waals surface area (Å²) >= 11 is 1.18. The quantitative estimate of drug-likeness (QED) is 0.794. The van der Waals surface area contributed by atoms with Crippen molar-refractivity contribution in [1.29, 1.82) is 0 Å². The first-order valence-corrected chi connectivity index (χ1v) is 10.5. The summed E-state index contributed by atoms with van der Waals surface area (Å²) in [7, 11) is 0. The van der Waals surface area contributed by atoms with Gasteiger partial charge < -0.3 is 15.0 Å². The first-order valence-electron chi connectivity index (χ1n) is 9.73. The number of alkyl carbamates (subject to hydrolysis) is 1. The van der Waals surface area contributed by atoms with E-state index in [2.05, 4.69) is 10.3 Å². The van der Waals surface area contributed by atoms with Crippen molar-refractivity contribution >= 4 is 23.3 Å². The van der Waals surface area contributed by atoms with Crippen molar-refractivity contribution in [2.75, 3.05) is 13.1 Å². The first-order chi connectivity index (χ1) is 13.7. The number of amides is 2. The predicted molar refractivity (Wildman–Crippen MR) is 110 cm³/mol. The fraction of sp³-hybridized carbons (Fsp3) is 0.476. The van der Waals surface area contributed by atoms with Crippen molar-refractivity contribution < 1.29 is 18.7 Å². The van der Waals surface area contributed by atoms with Gasteiger partial charge in [0.15, 0.2) is 0 Å². The molecule has 2 aromatic rings. The normalized spacial score (nSPS) is 17.1. The molecule has 2 heterocycles. The highest BCUT2D eigenvalue weighted by Crippen LogP contribution is 2.29. The van der Waals surface area contributed by atoms with Crippen molar-refractivity contribution in [3.63, 3.8) is 0 Å². The van der Waals surface area contributed by atoms with Gasteiger partial charge in [-0.15, -0.1) is 11.3 Å². The van der Waals surface area contributed by atoms with Gasteiger partial charge in [-0.25, -0.2) is 14.2 Å². The number of hydrogen-bond acceptors (Lipinski definition) is 5. The minimum atomic E-state index is -0.572. The Morgan fingerprint density at radius 3 is 2.79 bits per heavy atom. The Bertz CT molecular complexity index is 878. The highest BCUT2D eigenvalue weighted by atomic mass is 32.1. The number of nitrogens with zero attached hydrogens (tertiary/aromatic N) is 2. The van der Waals surface area contributed by atoms with Crippen LogP contribution in [0.1, 0.15) is 49.7 Å². The molecular formula is C21H26FN3O3S. The van der Waals surface area contributed by atoms with E-state index in [9.17, 15) is 14.0 Å². The van der Waals surface area contributed by atoms with Crippen LogP contribution < -0.4 is 5.32 Å². The largest absolute Gasteiger partial charge is 0.444 e. The van der Waals surface area contributed by atoms with Crippen molar-refractivity contribution in [2.45, 2.75) is 51.7 Å². The number of likely N-dealkylation sites (tertiary alicyclic amines) is 1. The molecule has 0 spiro atoms. The van der Waals surface area contributed by atoms with E-state index in [-0.39, 0.29) is 17.8 Å². The van der Waals surface area contributed by atoms with E-state index in [0.717, 1.165) is 19.3 Å². The molecule has 1 aliphatic heterocycles. The lowest BCUT2D eigenvalue weighted by molar-refractivity contribution is 0.0463. The molecular weight excluding hydrogens is 393 g/mol. The fourth-order valence-electron chi connectivity index (χ4n) is 3.27. The number of aromatic nitrogens is 1. The van der Waals surface area contributed by atoms with Gasteiger partial charge in [0.1, 0.15) is 21.3 Å². The van der Waals surface area contributed by atoms with Crippen LogP contribution in [0.3, 0.4) is 0 Å². The summed E-state index contributed by atoms with van der Waals surface area (Å²) in [5, 5.41) is 3.25. The minimum absolute atomic E-state index is 0.109. The summed E-state index contributed by atoms with van der Waals surface area (Å²) in [4.78, 5) is 31.5. The summed E-state index contributed by atoms with van der Waals surface area (Å²) in [5.74, 6) is -0.501. The summed E-state index contributed by atoms with van der Waals surface area (Å²) in [5.41, 5.74) is -0.184. The molecule has 0 unspecified atom stereocenters. The van der Waals surface area contributed by atoms with Gasteiger partial charge in [0.05, 0.1) is 6.20 Å². The maximum atomic E-state index is 14.0. The molecule has 29 heavy (non-hydrogen) atoms. The highest BCUT2D eigenvalue weighted by molar-refractivity contribution is 7.16. The number of ether oxygens (including phenoxy) is 1. The molecule has 1 aromatic carbocycles. The zero-order chi connectivity index (χ0) is 21.0. The molecule has 156 valence electrons. The Balaban J connectivity index is 1.68. The Morgan fingerprint density at radius 2 is 2.07 bits per heavy atom. The molecule has 0 radical (unpaired) electrons. The molecule has 1 fully saturated rings. The molecule has 0 saturated carbocycles. The average Bonchev–Trinajstić information content (AvgIpc) is 3.15. The summed E-state index contributed by atoms with van der Waals surface area (Å²) in [6, 6.07) is 6.28. The molecule has 1 aliphatic rings. The van der Waals surface area contributed by atoms with Crippen LogP contribution >= 0.6 is 11.3 Å². The molecule has 1 atom stereocenters. The van der Waals surface area contributed by atoms with Crippen LogP contribution in [-0.2, 0) is 4.74 Å². The van der Waals surface area contributed by atoms with Crippen LogP contribution in [0.2, 0.25) is 0 Å². The van der Waals surface area contributed by atoms with Crippen LogP contribution in [0.15, 0.2) is 30.5 Å². The Morgan fingerprint density at radius 1 is 1.31 bits per heavy atom. The number of halogens is 1. The van der Waals surface area contributed by atoms with E-state index in [0.29, 0.717) is 28.5 Å². The van der Waals surface area contributed by atoms with Crippen LogP contribution in [0.4, 0.5) is 9.18 Å². The number of nitrogens with one attached hydrogen (secondary N) is 1. The van der Waals surface area contributed by atoms with E-state index in [1.165, 1.54) is 23.6 Å². The first kappa shape index (κ1) is 21.2. The summed E-state index contributed by atoms with van der Waals surface area (Å²) in [6.45, 7) is 6.37.